The molecule has 0 radical (unpaired) electrons. The molecule has 0 aromatic rings. The van der Waals surface area contributed by atoms with Gasteiger partial charge in [-0.3, -0.25) is 4.79 Å². The number of hydrogen-bond acceptors (Lipinski definition) is 4. The maximum Gasteiger partial charge on any atom is 0.237 e. The van der Waals surface area contributed by atoms with Crippen molar-refractivity contribution in [1.29, 1.82) is 0 Å². The van der Waals surface area contributed by atoms with Gasteiger partial charge in [-0.05, 0) is 39.3 Å². The van der Waals surface area contributed by atoms with Gasteiger partial charge in [-0.25, -0.2) is 0 Å². The van der Waals surface area contributed by atoms with Crippen molar-refractivity contribution in [1.82, 2.24) is 15.1 Å². The normalized spacial score (nSPS) is 20.8. The first-order valence-corrected chi connectivity index (χ1v) is 8.01. The van der Waals surface area contributed by atoms with Crippen molar-refractivity contribution in [3.05, 3.63) is 0 Å². The van der Waals surface area contributed by atoms with E-state index >= 15 is 0 Å². The third-order valence-electron chi connectivity index (χ3n) is 4.24. The minimum atomic E-state index is -0.573. The van der Waals surface area contributed by atoms with Crippen LogP contribution < -0.4 is 11.1 Å². The molecule has 1 atom stereocenters. The number of hydrogen-bond donors (Lipinski definition) is 2. The molecule has 0 spiro atoms. The predicted molar refractivity (Wildman–Crippen MR) is 83.7 cm³/mol. The summed E-state index contributed by atoms with van der Waals surface area (Å²) in [6, 6.07) is 0. The molecule has 0 bridgehead atoms. The van der Waals surface area contributed by atoms with Crippen molar-refractivity contribution in [2.24, 2.45) is 5.73 Å². The van der Waals surface area contributed by atoms with E-state index in [1.165, 1.54) is 13.0 Å². The number of nitrogens with zero attached hydrogens (tertiary/aromatic N) is 2. The lowest BCUT2D eigenvalue weighted by molar-refractivity contribution is -0.124. The summed E-state index contributed by atoms with van der Waals surface area (Å²) in [6.45, 7) is 13.7. The minimum absolute atomic E-state index is 0.240. The van der Waals surface area contributed by atoms with Gasteiger partial charge in [0.1, 0.15) is 0 Å². The molecule has 1 aliphatic heterocycles. The van der Waals surface area contributed by atoms with Crippen LogP contribution in [-0.4, -0.2) is 67.1 Å². The summed E-state index contributed by atoms with van der Waals surface area (Å²) in [7, 11) is 0. The van der Waals surface area contributed by atoms with Crippen molar-refractivity contribution >= 4 is 5.91 Å². The summed E-state index contributed by atoms with van der Waals surface area (Å²) in [4.78, 5) is 16.6. The highest BCUT2D eigenvalue weighted by molar-refractivity contribution is 5.84. The van der Waals surface area contributed by atoms with E-state index in [9.17, 15) is 4.79 Å². The summed E-state index contributed by atoms with van der Waals surface area (Å²) in [5, 5.41) is 3.30. The number of primary amides is 1. The third-order valence-corrected chi connectivity index (χ3v) is 4.24. The van der Waals surface area contributed by atoms with E-state index in [0.717, 1.165) is 52.1 Å². The second-order valence-corrected chi connectivity index (χ2v) is 6.06. The zero-order chi connectivity index (χ0) is 15.0. The minimum Gasteiger partial charge on any atom is -0.368 e. The maximum absolute atomic E-state index is 11.7. The van der Waals surface area contributed by atoms with E-state index in [2.05, 4.69) is 29.0 Å². The van der Waals surface area contributed by atoms with Gasteiger partial charge in [-0.2, -0.15) is 0 Å². The van der Waals surface area contributed by atoms with E-state index in [-0.39, 0.29) is 5.91 Å². The Bertz CT molecular complexity index is 290. The molecule has 1 rings (SSSR count). The lowest BCUT2D eigenvalue weighted by atomic mass is 9.96. The van der Waals surface area contributed by atoms with Crippen molar-refractivity contribution in [2.75, 3.05) is 45.8 Å². The number of nitrogens with two attached hydrogens (primary N) is 1. The van der Waals surface area contributed by atoms with Crippen LogP contribution in [0.25, 0.3) is 0 Å². The van der Waals surface area contributed by atoms with Crippen LogP contribution >= 0.6 is 0 Å². The van der Waals surface area contributed by atoms with Gasteiger partial charge in [0.2, 0.25) is 5.91 Å². The molecule has 1 saturated heterocycles. The first-order chi connectivity index (χ1) is 9.51. The second kappa shape index (κ2) is 8.60. The molecular formula is C15H32N4O. The van der Waals surface area contributed by atoms with E-state index in [4.69, 9.17) is 5.73 Å². The molecule has 5 heteroatoms. The van der Waals surface area contributed by atoms with Gasteiger partial charge in [0.25, 0.3) is 0 Å². The average molecular weight is 284 g/mol. The van der Waals surface area contributed by atoms with Gasteiger partial charge in [-0.15, -0.1) is 0 Å². The molecule has 0 aromatic carbocycles. The smallest absolute Gasteiger partial charge is 0.237 e. The van der Waals surface area contributed by atoms with Crippen LogP contribution in [0.3, 0.4) is 0 Å². The summed E-state index contributed by atoms with van der Waals surface area (Å²) in [6.07, 6.45) is 3.02. The summed E-state index contributed by atoms with van der Waals surface area (Å²) >= 11 is 0. The van der Waals surface area contributed by atoms with Gasteiger partial charge in [0, 0.05) is 32.7 Å². The van der Waals surface area contributed by atoms with E-state index in [0.29, 0.717) is 0 Å². The summed E-state index contributed by atoms with van der Waals surface area (Å²) in [5.41, 5.74) is 4.99. The lowest BCUT2D eigenvalue weighted by Gasteiger charge is -2.36. The molecule has 5 nitrogen and oxygen atoms in total. The molecule has 1 heterocycles. The van der Waals surface area contributed by atoms with E-state index in [1.54, 1.807) is 0 Å². The quantitative estimate of drug-likeness (QED) is 0.652. The molecule has 1 unspecified atom stereocenters. The molecular weight excluding hydrogens is 252 g/mol. The maximum atomic E-state index is 11.7. The lowest BCUT2D eigenvalue weighted by Crippen LogP contribution is -2.56. The summed E-state index contributed by atoms with van der Waals surface area (Å²) in [5.74, 6) is -0.240. The van der Waals surface area contributed by atoms with Crippen molar-refractivity contribution < 1.29 is 4.79 Å². The van der Waals surface area contributed by atoms with Crippen LogP contribution in [0.5, 0.6) is 0 Å². The van der Waals surface area contributed by atoms with Crippen LogP contribution in [0.2, 0.25) is 0 Å². The average Bonchev–Trinajstić information content (AvgIpc) is 2.44. The predicted octanol–water partition coefficient (Wildman–Crippen LogP) is 0.648. The van der Waals surface area contributed by atoms with E-state index in [1.807, 2.05) is 6.92 Å². The number of carbonyl (C=O) groups excluding carboxylic acids is 1. The second-order valence-electron chi connectivity index (χ2n) is 6.06. The van der Waals surface area contributed by atoms with Crippen LogP contribution in [-0.2, 0) is 4.79 Å². The Morgan fingerprint density at radius 3 is 2.10 bits per heavy atom. The summed E-state index contributed by atoms with van der Waals surface area (Å²) < 4.78 is 0. The van der Waals surface area contributed by atoms with Crippen molar-refractivity contribution in [2.45, 2.75) is 45.6 Å². The number of piperazine rings is 1. The van der Waals surface area contributed by atoms with Crippen molar-refractivity contribution in [3.63, 3.8) is 0 Å². The Morgan fingerprint density at radius 1 is 1.10 bits per heavy atom. The molecule has 20 heavy (non-hydrogen) atoms. The standard InChI is InChI=1S/C15H32N4O/c1-4-7-17-15(3,14(16)20)6-9-19-12-10-18(8-5-2)11-13-19/h17H,4-13H2,1-3H3,(H2,16,20). The molecule has 1 aliphatic rings. The number of amides is 1. The fourth-order valence-electron chi connectivity index (χ4n) is 2.63. The fraction of sp³-hybridized carbons (Fsp3) is 0.933. The van der Waals surface area contributed by atoms with Crippen molar-refractivity contribution in [3.8, 4) is 0 Å². The molecule has 0 aromatic heterocycles. The monoisotopic (exact) mass is 284 g/mol. The van der Waals surface area contributed by atoms with Gasteiger partial charge in [0.05, 0.1) is 5.54 Å². The Hall–Kier alpha value is -0.650. The Labute approximate surface area is 123 Å². The van der Waals surface area contributed by atoms with E-state index < -0.39 is 5.54 Å². The van der Waals surface area contributed by atoms with Gasteiger partial charge >= 0.3 is 0 Å². The largest absolute Gasteiger partial charge is 0.368 e. The van der Waals surface area contributed by atoms with Gasteiger partial charge < -0.3 is 20.9 Å². The molecule has 1 fully saturated rings. The van der Waals surface area contributed by atoms with Crippen LogP contribution in [0, 0.1) is 0 Å². The van der Waals surface area contributed by atoms with Gasteiger partial charge in [-0.1, -0.05) is 13.8 Å². The zero-order valence-electron chi connectivity index (χ0n) is 13.5. The highest BCUT2D eigenvalue weighted by Crippen LogP contribution is 2.12. The van der Waals surface area contributed by atoms with Gasteiger partial charge in [0.15, 0.2) is 0 Å². The number of rotatable bonds is 9. The van der Waals surface area contributed by atoms with Crippen LogP contribution in [0.1, 0.15) is 40.0 Å². The number of nitrogens with one attached hydrogen (secondary N) is 1. The highest BCUT2D eigenvalue weighted by Gasteiger charge is 2.30. The molecule has 0 saturated carbocycles. The molecule has 118 valence electrons. The van der Waals surface area contributed by atoms with Crippen LogP contribution in [0.4, 0.5) is 0 Å². The highest BCUT2D eigenvalue weighted by atomic mass is 16.1. The third kappa shape index (κ3) is 5.38. The Morgan fingerprint density at radius 2 is 1.65 bits per heavy atom. The first kappa shape index (κ1) is 17.4. The molecule has 0 aliphatic carbocycles. The topological polar surface area (TPSA) is 61.6 Å². The first-order valence-electron chi connectivity index (χ1n) is 8.01. The number of carbonyl (C=O) groups is 1. The fourth-order valence-corrected chi connectivity index (χ4v) is 2.63. The molecule has 3 N–H and O–H groups in total. The molecule has 1 amide bonds. The Balaban J connectivity index is 2.35. The van der Waals surface area contributed by atoms with Crippen LogP contribution in [0.15, 0.2) is 0 Å². The Kier molecular flexibility index (Phi) is 7.48. The SMILES string of the molecule is CCCNC(C)(CCN1CCN(CCC)CC1)C(N)=O. The zero-order valence-corrected chi connectivity index (χ0v) is 13.5.